The number of rotatable bonds is 8. The Kier molecular flexibility index (Phi) is 4.81. The average molecular weight is 279 g/mol. The third-order valence-corrected chi connectivity index (χ3v) is 3.53. The number of nitrogens with zero attached hydrogens (tertiary/aromatic N) is 2. The second-order valence-electron chi connectivity index (χ2n) is 5.82. The summed E-state index contributed by atoms with van der Waals surface area (Å²) in [6.07, 6.45) is 3.19. The lowest BCUT2D eigenvalue weighted by atomic mass is 10.1. The predicted octanol–water partition coefficient (Wildman–Crippen LogP) is 2.98. The third-order valence-electron chi connectivity index (χ3n) is 3.53. The topological polar surface area (TPSA) is 56.3 Å². The minimum Gasteiger partial charge on any atom is -0.477 e. The highest BCUT2D eigenvalue weighted by Crippen LogP contribution is 2.39. The summed E-state index contributed by atoms with van der Waals surface area (Å²) in [5, 5.41) is 3.23. The molecule has 20 heavy (non-hydrogen) atoms. The zero-order valence-corrected chi connectivity index (χ0v) is 12.9. The van der Waals surface area contributed by atoms with Crippen LogP contribution >= 0.6 is 0 Å². The summed E-state index contributed by atoms with van der Waals surface area (Å²) in [6.45, 7) is 7.59. The van der Waals surface area contributed by atoms with Crippen LogP contribution in [0.3, 0.4) is 0 Å². The van der Waals surface area contributed by atoms with E-state index in [4.69, 9.17) is 9.47 Å². The van der Waals surface area contributed by atoms with Crippen molar-refractivity contribution in [2.45, 2.75) is 51.6 Å². The fourth-order valence-corrected chi connectivity index (χ4v) is 1.82. The molecule has 5 nitrogen and oxygen atoms in total. The van der Waals surface area contributed by atoms with Crippen molar-refractivity contribution >= 4 is 5.82 Å². The lowest BCUT2D eigenvalue weighted by molar-refractivity contribution is 0.00507. The maximum atomic E-state index is 5.78. The van der Waals surface area contributed by atoms with Crippen molar-refractivity contribution in [2.75, 3.05) is 25.6 Å². The van der Waals surface area contributed by atoms with Gasteiger partial charge in [0.1, 0.15) is 11.6 Å². The Labute approximate surface area is 121 Å². The van der Waals surface area contributed by atoms with Gasteiger partial charge in [-0.1, -0.05) is 0 Å². The molecule has 112 valence electrons. The highest BCUT2D eigenvalue weighted by atomic mass is 16.5. The Bertz CT molecular complexity index is 445. The molecule has 0 radical (unpaired) electrons. The fourth-order valence-electron chi connectivity index (χ4n) is 1.82. The molecule has 0 aromatic carbocycles. The second-order valence-corrected chi connectivity index (χ2v) is 5.82. The lowest BCUT2D eigenvalue weighted by Gasteiger charge is -2.22. The number of aromatic nitrogens is 2. The molecule has 0 saturated heterocycles. The van der Waals surface area contributed by atoms with E-state index in [1.165, 1.54) is 12.8 Å². The fraction of sp³-hybridized carbons (Fsp3) is 0.733. The Hall–Kier alpha value is -1.36. The van der Waals surface area contributed by atoms with E-state index in [9.17, 15) is 0 Å². The predicted molar refractivity (Wildman–Crippen MR) is 79.4 cm³/mol. The molecule has 0 spiro atoms. The smallest absolute Gasteiger partial charge is 0.218 e. The van der Waals surface area contributed by atoms with Crippen molar-refractivity contribution in [1.29, 1.82) is 0 Å². The summed E-state index contributed by atoms with van der Waals surface area (Å²) < 4.78 is 11.2. The molecule has 1 heterocycles. The molecule has 1 N–H and O–H groups in total. The summed E-state index contributed by atoms with van der Waals surface area (Å²) >= 11 is 0. The van der Waals surface area contributed by atoms with E-state index in [0.29, 0.717) is 18.4 Å². The zero-order chi connectivity index (χ0) is 14.6. The molecule has 1 aromatic rings. The molecule has 0 atom stereocenters. The molecule has 1 aliphatic carbocycles. The van der Waals surface area contributed by atoms with Crippen LogP contribution in [0.5, 0.6) is 5.88 Å². The van der Waals surface area contributed by atoms with Crippen LogP contribution in [0.1, 0.15) is 51.8 Å². The van der Waals surface area contributed by atoms with Crippen LogP contribution in [-0.4, -0.2) is 35.8 Å². The second kappa shape index (κ2) is 6.39. The summed E-state index contributed by atoms with van der Waals surface area (Å²) in [5.41, 5.74) is -0.170. The van der Waals surface area contributed by atoms with E-state index in [0.717, 1.165) is 24.6 Å². The van der Waals surface area contributed by atoms with Crippen LogP contribution in [-0.2, 0) is 4.74 Å². The van der Waals surface area contributed by atoms with Crippen molar-refractivity contribution in [3.63, 3.8) is 0 Å². The third kappa shape index (κ3) is 4.34. The van der Waals surface area contributed by atoms with Crippen molar-refractivity contribution in [3.8, 4) is 5.88 Å². The lowest BCUT2D eigenvalue weighted by Crippen LogP contribution is -2.25. The molecule has 1 aromatic heterocycles. The molecular weight excluding hydrogens is 254 g/mol. The minimum atomic E-state index is -0.170. The van der Waals surface area contributed by atoms with E-state index in [-0.39, 0.29) is 5.60 Å². The Morgan fingerprint density at radius 2 is 2.10 bits per heavy atom. The first-order valence-corrected chi connectivity index (χ1v) is 7.35. The summed E-state index contributed by atoms with van der Waals surface area (Å²) in [4.78, 5) is 9.04. The summed E-state index contributed by atoms with van der Waals surface area (Å²) in [7, 11) is 1.72. The Morgan fingerprint density at radius 3 is 2.70 bits per heavy atom. The van der Waals surface area contributed by atoms with Crippen LogP contribution < -0.4 is 10.1 Å². The van der Waals surface area contributed by atoms with E-state index >= 15 is 0 Å². The molecule has 0 aliphatic heterocycles. The van der Waals surface area contributed by atoms with Gasteiger partial charge in [0.15, 0.2) is 0 Å². The van der Waals surface area contributed by atoms with Crippen molar-refractivity contribution in [3.05, 3.63) is 11.9 Å². The molecular formula is C15H25N3O2. The average Bonchev–Trinajstić information content (AvgIpc) is 3.23. The van der Waals surface area contributed by atoms with E-state index in [1.54, 1.807) is 7.11 Å². The van der Waals surface area contributed by atoms with Gasteiger partial charge in [-0.25, -0.2) is 4.98 Å². The molecule has 1 saturated carbocycles. The van der Waals surface area contributed by atoms with Crippen LogP contribution in [0.4, 0.5) is 5.82 Å². The molecule has 5 heteroatoms. The minimum absolute atomic E-state index is 0.170. The standard InChI is InChI=1S/C15H25N3O2/c1-5-16-12-10-13(18-14(17-12)11-6-7-11)20-9-8-15(2,3)19-4/h10-11H,5-9H2,1-4H3,(H,16,17,18). The zero-order valence-electron chi connectivity index (χ0n) is 12.9. The van der Waals surface area contributed by atoms with Crippen LogP contribution in [0.15, 0.2) is 6.07 Å². The van der Waals surface area contributed by atoms with Gasteiger partial charge >= 0.3 is 0 Å². The number of ether oxygens (including phenoxy) is 2. The van der Waals surface area contributed by atoms with E-state index < -0.39 is 0 Å². The van der Waals surface area contributed by atoms with Gasteiger partial charge in [-0.05, 0) is 33.6 Å². The van der Waals surface area contributed by atoms with Gasteiger partial charge in [-0.2, -0.15) is 4.98 Å². The number of nitrogens with one attached hydrogen (secondary N) is 1. The Balaban J connectivity index is 1.99. The maximum Gasteiger partial charge on any atom is 0.218 e. The van der Waals surface area contributed by atoms with E-state index in [2.05, 4.69) is 36.1 Å². The number of hydrogen-bond acceptors (Lipinski definition) is 5. The number of hydrogen-bond donors (Lipinski definition) is 1. The monoisotopic (exact) mass is 279 g/mol. The van der Waals surface area contributed by atoms with Crippen molar-refractivity contribution < 1.29 is 9.47 Å². The van der Waals surface area contributed by atoms with Crippen LogP contribution in [0.2, 0.25) is 0 Å². The SMILES string of the molecule is CCNc1cc(OCCC(C)(C)OC)nc(C2CC2)n1. The van der Waals surface area contributed by atoms with Gasteiger partial charge in [0, 0.05) is 32.1 Å². The first-order chi connectivity index (χ1) is 9.54. The maximum absolute atomic E-state index is 5.78. The van der Waals surface area contributed by atoms with Crippen molar-refractivity contribution in [2.24, 2.45) is 0 Å². The highest BCUT2D eigenvalue weighted by Gasteiger charge is 2.27. The molecule has 1 fully saturated rings. The molecule has 1 aliphatic rings. The van der Waals surface area contributed by atoms with Gasteiger partial charge < -0.3 is 14.8 Å². The first-order valence-electron chi connectivity index (χ1n) is 7.35. The number of anilines is 1. The summed E-state index contributed by atoms with van der Waals surface area (Å²) in [5.74, 6) is 2.94. The normalized spacial score (nSPS) is 15.2. The molecule has 0 bridgehead atoms. The van der Waals surface area contributed by atoms with E-state index in [1.807, 2.05) is 6.07 Å². The largest absolute Gasteiger partial charge is 0.477 e. The highest BCUT2D eigenvalue weighted by molar-refractivity contribution is 5.39. The molecule has 0 amide bonds. The van der Waals surface area contributed by atoms with Gasteiger partial charge in [0.05, 0.1) is 12.2 Å². The summed E-state index contributed by atoms with van der Waals surface area (Å²) in [6, 6.07) is 1.87. The van der Waals surface area contributed by atoms with Gasteiger partial charge in [-0.15, -0.1) is 0 Å². The quantitative estimate of drug-likeness (QED) is 0.793. The number of methoxy groups -OCH3 is 1. The first kappa shape index (κ1) is 15.0. The van der Waals surface area contributed by atoms with Gasteiger partial charge in [0.25, 0.3) is 0 Å². The van der Waals surface area contributed by atoms with Crippen LogP contribution in [0, 0.1) is 0 Å². The van der Waals surface area contributed by atoms with Gasteiger partial charge in [0.2, 0.25) is 5.88 Å². The van der Waals surface area contributed by atoms with Gasteiger partial charge in [-0.3, -0.25) is 0 Å². The van der Waals surface area contributed by atoms with Crippen LogP contribution in [0.25, 0.3) is 0 Å². The molecule has 2 rings (SSSR count). The van der Waals surface area contributed by atoms with Crippen molar-refractivity contribution in [1.82, 2.24) is 9.97 Å². The molecule has 0 unspecified atom stereocenters. The Morgan fingerprint density at radius 1 is 1.35 bits per heavy atom.